The molecule has 8 heteroatoms. The zero-order valence-electron chi connectivity index (χ0n) is 15.2. The third-order valence-electron chi connectivity index (χ3n) is 4.41. The summed E-state index contributed by atoms with van der Waals surface area (Å²) in [6.45, 7) is 2.62. The predicted molar refractivity (Wildman–Crippen MR) is 110 cm³/mol. The Labute approximate surface area is 164 Å². The minimum absolute atomic E-state index is 0.0270. The van der Waals surface area contributed by atoms with E-state index < -0.39 is 0 Å². The monoisotopic (exact) mass is 400 g/mol. The van der Waals surface area contributed by atoms with Crippen molar-refractivity contribution in [3.8, 4) is 5.75 Å². The van der Waals surface area contributed by atoms with Gasteiger partial charge in [0, 0.05) is 5.75 Å². The van der Waals surface area contributed by atoms with Crippen molar-refractivity contribution in [2.75, 3.05) is 12.9 Å². The van der Waals surface area contributed by atoms with Crippen LogP contribution in [0.15, 0.2) is 45.7 Å². The quantitative estimate of drug-likeness (QED) is 0.346. The van der Waals surface area contributed by atoms with E-state index in [1.54, 1.807) is 23.4 Å². The maximum absolute atomic E-state index is 13.1. The van der Waals surface area contributed by atoms with E-state index in [4.69, 9.17) is 4.74 Å². The number of thioether (sulfide) groups is 1. The van der Waals surface area contributed by atoms with Crippen molar-refractivity contribution >= 4 is 39.1 Å². The molecule has 0 fully saturated rings. The van der Waals surface area contributed by atoms with Gasteiger partial charge in [0.25, 0.3) is 5.56 Å². The molecule has 0 saturated carbocycles. The number of rotatable bonds is 7. The molecule has 140 valence electrons. The van der Waals surface area contributed by atoms with E-state index in [0.717, 1.165) is 45.3 Å². The van der Waals surface area contributed by atoms with E-state index in [-0.39, 0.29) is 5.56 Å². The Kier molecular flexibility index (Phi) is 5.18. The van der Waals surface area contributed by atoms with Crippen LogP contribution in [0.5, 0.6) is 5.75 Å². The van der Waals surface area contributed by atoms with E-state index in [2.05, 4.69) is 17.1 Å². The van der Waals surface area contributed by atoms with Crippen LogP contribution in [-0.2, 0) is 6.54 Å². The van der Waals surface area contributed by atoms with Crippen LogP contribution in [0.4, 0.5) is 0 Å². The lowest BCUT2D eigenvalue weighted by Crippen LogP contribution is -2.23. The van der Waals surface area contributed by atoms with Crippen LogP contribution in [0.1, 0.15) is 25.3 Å². The van der Waals surface area contributed by atoms with Crippen molar-refractivity contribution in [3.63, 3.8) is 0 Å². The summed E-state index contributed by atoms with van der Waals surface area (Å²) in [6.07, 6.45) is 2.26. The number of nitrogens with zero attached hydrogens (tertiary/aromatic N) is 4. The summed E-state index contributed by atoms with van der Waals surface area (Å²) < 4.78 is 9.66. The van der Waals surface area contributed by atoms with E-state index in [1.165, 1.54) is 11.3 Å². The minimum atomic E-state index is -0.0270. The van der Waals surface area contributed by atoms with Crippen molar-refractivity contribution in [2.45, 2.75) is 31.5 Å². The summed E-state index contributed by atoms with van der Waals surface area (Å²) in [7, 11) is 1.64. The highest BCUT2D eigenvalue weighted by Gasteiger charge is 2.17. The van der Waals surface area contributed by atoms with Crippen LogP contribution in [0.25, 0.3) is 16.0 Å². The number of unbranched alkanes of at least 4 members (excludes halogenated alkanes) is 1. The van der Waals surface area contributed by atoms with Gasteiger partial charge in [0.1, 0.15) is 10.4 Å². The summed E-state index contributed by atoms with van der Waals surface area (Å²) >= 11 is 3.15. The van der Waals surface area contributed by atoms with Crippen LogP contribution in [0.3, 0.4) is 0 Å². The summed E-state index contributed by atoms with van der Waals surface area (Å²) in [5.74, 6) is 2.36. The molecule has 4 aromatic rings. The SMILES string of the molecule is CCCCSc1nnc2n(Cc3ccc(OC)cc3)c(=O)c3sccc3n12. The van der Waals surface area contributed by atoms with Gasteiger partial charge in [-0.05, 0) is 35.6 Å². The normalized spacial score (nSPS) is 11.5. The van der Waals surface area contributed by atoms with Gasteiger partial charge in [0.05, 0.1) is 19.2 Å². The third kappa shape index (κ3) is 3.35. The van der Waals surface area contributed by atoms with Crippen molar-refractivity contribution in [3.05, 3.63) is 51.6 Å². The molecule has 27 heavy (non-hydrogen) atoms. The van der Waals surface area contributed by atoms with Crippen molar-refractivity contribution in [1.82, 2.24) is 19.2 Å². The van der Waals surface area contributed by atoms with Crippen molar-refractivity contribution in [1.29, 1.82) is 0 Å². The predicted octanol–water partition coefficient (Wildman–Crippen LogP) is 4.05. The fourth-order valence-electron chi connectivity index (χ4n) is 2.96. The van der Waals surface area contributed by atoms with Gasteiger partial charge in [-0.15, -0.1) is 21.5 Å². The average molecular weight is 401 g/mol. The molecule has 0 atom stereocenters. The number of fused-ring (bicyclic) bond motifs is 3. The molecule has 1 aromatic carbocycles. The molecule has 4 rings (SSSR count). The average Bonchev–Trinajstić information content (AvgIpc) is 3.33. The third-order valence-corrected chi connectivity index (χ3v) is 6.32. The summed E-state index contributed by atoms with van der Waals surface area (Å²) in [6, 6.07) is 9.70. The van der Waals surface area contributed by atoms with Gasteiger partial charge in [-0.3, -0.25) is 13.8 Å². The molecule has 0 aliphatic heterocycles. The van der Waals surface area contributed by atoms with Crippen LogP contribution < -0.4 is 10.3 Å². The van der Waals surface area contributed by atoms with E-state index in [9.17, 15) is 4.79 Å². The molecule has 0 N–H and O–H groups in total. The maximum atomic E-state index is 13.1. The molecule has 3 aromatic heterocycles. The number of methoxy groups -OCH3 is 1. The van der Waals surface area contributed by atoms with Crippen LogP contribution in [-0.4, -0.2) is 32.0 Å². The lowest BCUT2D eigenvalue weighted by molar-refractivity contribution is 0.414. The molecule has 0 saturated heterocycles. The Morgan fingerprint density at radius 3 is 2.74 bits per heavy atom. The van der Waals surface area contributed by atoms with Crippen molar-refractivity contribution in [2.24, 2.45) is 0 Å². The maximum Gasteiger partial charge on any atom is 0.273 e. The van der Waals surface area contributed by atoms with Crippen LogP contribution in [0, 0.1) is 0 Å². The lowest BCUT2D eigenvalue weighted by atomic mass is 10.2. The van der Waals surface area contributed by atoms with E-state index in [0.29, 0.717) is 12.3 Å². The molecule has 0 aliphatic carbocycles. The topological polar surface area (TPSA) is 61.4 Å². The molecule has 0 unspecified atom stereocenters. The van der Waals surface area contributed by atoms with Gasteiger partial charge in [-0.25, -0.2) is 0 Å². The Hall–Kier alpha value is -2.32. The molecular formula is C19H20N4O2S2. The Morgan fingerprint density at radius 2 is 2.00 bits per heavy atom. The lowest BCUT2D eigenvalue weighted by Gasteiger charge is -2.10. The van der Waals surface area contributed by atoms with Gasteiger partial charge < -0.3 is 4.74 Å². The fourth-order valence-corrected chi connectivity index (χ4v) is 4.80. The molecule has 0 spiro atoms. The smallest absolute Gasteiger partial charge is 0.273 e. The van der Waals surface area contributed by atoms with E-state index >= 15 is 0 Å². The number of thiophene rings is 1. The number of benzene rings is 1. The first-order valence-corrected chi connectivity index (χ1v) is 10.7. The number of hydrogen-bond acceptors (Lipinski definition) is 6. The van der Waals surface area contributed by atoms with Gasteiger partial charge in [-0.2, -0.15) is 0 Å². The minimum Gasteiger partial charge on any atom is -0.497 e. The van der Waals surface area contributed by atoms with Gasteiger partial charge >= 0.3 is 0 Å². The standard InChI is InChI=1S/C19H20N4O2S2/c1-3-4-10-27-19-21-20-18-22(12-13-5-7-14(25-2)8-6-13)17(24)16-15(23(18)19)9-11-26-16/h5-9,11H,3-4,10,12H2,1-2H3. The molecule has 0 radical (unpaired) electrons. The number of aromatic nitrogens is 4. The molecule has 3 heterocycles. The Bertz CT molecular complexity index is 1130. The van der Waals surface area contributed by atoms with Crippen LogP contribution >= 0.6 is 23.1 Å². The van der Waals surface area contributed by atoms with Gasteiger partial charge in [-0.1, -0.05) is 37.2 Å². The summed E-state index contributed by atoms with van der Waals surface area (Å²) in [5.41, 5.74) is 1.87. The summed E-state index contributed by atoms with van der Waals surface area (Å²) in [5, 5.41) is 11.5. The van der Waals surface area contributed by atoms with Gasteiger partial charge in [0.2, 0.25) is 5.78 Å². The Balaban J connectivity index is 1.83. The highest BCUT2D eigenvalue weighted by molar-refractivity contribution is 7.99. The number of hydrogen-bond donors (Lipinski definition) is 0. The highest BCUT2D eigenvalue weighted by atomic mass is 32.2. The molecule has 0 bridgehead atoms. The second-order valence-electron chi connectivity index (χ2n) is 6.19. The molecular weight excluding hydrogens is 380 g/mol. The highest BCUT2D eigenvalue weighted by Crippen LogP contribution is 2.25. The van der Waals surface area contributed by atoms with Gasteiger partial charge in [0.15, 0.2) is 5.16 Å². The first-order valence-electron chi connectivity index (χ1n) is 8.83. The first kappa shape index (κ1) is 18.1. The van der Waals surface area contributed by atoms with Crippen LogP contribution in [0.2, 0.25) is 0 Å². The Morgan fingerprint density at radius 1 is 1.19 bits per heavy atom. The fraction of sp³-hybridized carbons (Fsp3) is 0.316. The largest absolute Gasteiger partial charge is 0.497 e. The zero-order chi connectivity index (χ0) is 18.8. The molecule has 0 aliphatic rings. The molecule has 6 nitrogen and oxygen atoms in total. The molecule has 0 amide bonds. The second kappa shape index (κ2) is 7.74. The zero-order valence-corrected chi connectivity index (χ0v) is 16.8. The summed E-state index contributed by atoms with van der Waals surface area (Å²) in [4.78, 5) is 13.1. The first-order chi connectivity index (χ1) is 13.2. The number of ether oxygens (including phenoxy) is 1. The van der Waals surface area contributed by atoms with E-state index in [1.807, 2.05) is 40.1 Å². The second-order valence-corrected chi connectivity index (χ2v) is 8.17. The van der Waals surface area contributed by atoms with Crippen molar-refractivity contribution < 1.29 is 4.74 Å².